The number of hydroxylamine groups is 1. The smallest absolute Gasteiger partial charge is 0.156 e. The molecule has 26 heavy (non-hydrogen) atoms. The lowest BCUT2D eigenvalue weighted by atomic mass is 9.84. The minimum atomic E-state index is -0.157. The Morgan fingerprint density at radius 2 is 1.88 bits per heavy atom. The Morgan fingerprint density at radius 1 is 1.04 bits per heavy atom. The molecule has 0 unspecified atom stereocenters. The molecule has 5 rings (SSSR count). The van der Waals surface area contributed by atoms with E-state index in [-0.39, 0.29) is 5.60 Å². The summed E-state index contributed by atoms with van der Waals surface area (Å²) in [6.07, 6.45) is 8.07. The highest BCUT2D eigenvalue weighted by Crippen LogP contribution is 2.38. The SMILES string of the molecule is Clc1ccccc1-c1ccc2nc(C3=CC4(CCCCC4)ON3)[nH]c2c1. The third-order valence-electron chi connectivity index (χ3n) is 5.39. The van der Waals surface area contributed by atoms with Crippen LogP contribution in [0.25, 0.3) is 27.9 Å². The van der Waals surface area contributed by atoms with Crippen LogP contribution in [0.5, 0.6) is 0 Å². The van der Waals surface area contributed by atoms with E-state index >= 15 is 0 Å². The van der Waals surface area contributed by atoms with Crippen LogP contribution in [-0.4, -0.2) is 15.6 Å². The van der Waals surface area contributed by atoms with E-state index in [1.54, 1.807) is 0 Å². The molecule has 2 N–H and O–H groups in total. The molecule has 0 amide bonds. The zero-order valence-corrected chi connectivity index (χ0v) is 15.1. The zero-order chi connectivity index (χ0) is 17.6. The highest BCUT2D eigenvalue weighted by Gasteiger charge is 2.37. The van der Waals surface area contributed by atoms with E-state index < -0.39 is 0 Å². The van der Waals surface area contributed by atoms with Crippen molar-refractivity contribution in [1.29, 1.82) is 0 Å². The topological polar surface area (TPSA) is 49.9 Å². The van der Waals surface area contributed by atoms with Crippen LogP contribution in [0.15, 0.2) is 48.5 Å². The molecule has 2 heterocycles. The molecule has 1 aliphatic carbocycles. The molecular formula is C21H20ClN3O. The third kappa shape index (κ3) is 2.70. The van der Waals surface area contributed by atoms with Gasteiger partial charge in [-0.05, 0) is 42.7 Å². The van der Waals surface area contributed by atoms with Crippen molar-refractivity contribution in [2.45, 2.75) is 37.7 Å². The molecule has 3 aromatic rings. The number of nitrogens with one attached hydrogen (secondary N) is 2. The van der Waals surface area contributed by atoms with Crippen LogP contribution >= 0.6 is 11.6 Å². The van der Waals surface area contributed by atoms with Gasteiger partial charge in [-0.25, -0.2) is 4.98 Å². The second kappa shape index (κ2) is 6.15. The molecule has 1 aliphatic heterocycles. The molecular weight excluding hydrogens is 346 g/mol. The molecule has 1 aromatic heterocycles. The summed E-state index contributed by atoms with van der Waals surface area (Å²) >= 11 is 6.34. The predicted molar refractivity (Wildman–Crippen MR) is 105 cm³/mol. The van der Waals surface area contributed by atoms with Gasteiger partial charge in [-0.15, -0.1) is 0 Å². The quantitative estimate of drug-likeness (QED) is 0.633. The summed E-state index contributed by atoms with van der Waals surface area (Å²) in [6.45, 7) is 0. The highest BCUT2D eigenvalue weighted by atomic mass is 35.5. The molecule has 0 radical (unpaired) electrons. The average Bonchev–Trinajstić information content (AvgIpc) is 3.26. The third-order valence-corrected chi connectivity index (χ3v) is 5.72. The Bertz CT molecular complexity index is 1000. The molecule has 1 spiro atoms. The number of hydrogen-bond acceptors (Lipinski definition) is 3. The maximum atomic E-state index is 6.34. The van der Waals surface area contributed by atoms with Crippen molar-refractivity contribution in [3.63, 3.8) is 0 Å². The van der Waals surface area contributed by atoms with E-state index in [2.05, 4.69) is 28.7 Å². The lowest BCUT2D eigenvalue weighted by Gasteiger charge is -2.29. The van der Waals surface area contributed by atoms with Gasteiger partial charge in [-0.3, -0.25) is 10.3 Å². The first-order valence-electron chi connectivity index (χ1n) is 9.14. The number of H-pyrrole nitrogens is 1. The average molecular weight is 366 g/mol. The summed E-state index contributed by atoms with van der Waals surface area (Å²) in [7, 11) is 0. The van der Waals surface area contributed by atoms with E-state index in [1.807, 2.05) is 30.3 Å². The van der Waals surface area contributed by atoms with Crippen molar-refractivity contribution < 1.29 is 4.84 Å². The Morgan fingerprint density at radius 3 is 2.73 bits per heavy atom. The summed E-state index contributed by atoms with van der Waals surface area (Å²) < 4.78 is 0. The van der Waals surface area contributed by atoms with E-state index in [0.717, 1.165) is 51.5 Å². The summed E-state index contributed by atoms with van der Waals surface area (Å²) in [5.41, 5.74) is 7.89. The standard InChI is InChI=1S/C21H20ClN3O/c22-16-7-3-2-6-15(16)14-8-9-17-18(12-14)24-20(23-17)19-13-21(26-25-19)10-4-1-5-11-21/h2-3,6-9,12-13,25H,1,4-5,10-11H2,(H,23,24). The summed E-state index contributed by atoms with van der Waals surface area (Å²) in [5.74, 6) is 0.818. The molecule has 0 atom stereocenters. The van der Waals surface area contributed by atoms with Crippen molar-refractivity contribution in [2.75, 3.05) is 0 Å². The summed E-state index contributed by atoms with van der Waals surface area (Å²) in [6, 6.07) is 14.1. The minimum Gasteiger partial charge on any atom is -0.337 e. The number of benzene rings is 2. The van der Waals surface area contributed by atoms with E-state index in [9.17, 15) is 0 Å². The lowest BCUT2D eigenvalue weighted by molar-refractivity contribution is -0.0558. The van der Waals surface area contributed by atoms with Crippen LogP contribution < -0.4 is 5.48 Å². The zero-order valence-electron chi connectivity index (χ0n) is 14.4. The first-order valence-corrected chi connectivity index (χ1v) is 9.52. The first kappa shape index (κ1) is 15.9. The Hall–Kier alpha value is -2.30. The van der Waals surface area contributed by atoms with Crippen molar-refractivity contribution in [2.24, 2.45) is 0 Å². The van der Waals surface area contributed by atoms with Crippen molar-refractivity contribution >= 4 is 28.3 Å². The van der Waals surface area contributed by atoms with Gasteiger partial charge >= 0.3 is 0 Å². The molecule has 0 saturated heterocycles. The monoisotopic (exact) mass is 365 g/mol. The first-order chi connectivity index (χ1) is 12.7. The van der Waals surface area contributed by atoms with Crippen molar-refractivity contribution in [3.8, 4) is 11.1 Å². The highest BCUT2D eigenvalue weighted by molar-refractivity contribution is 6.33. The van der Waals surface area contributed by atoms with E-state index in [0.29, 0.717) is 0 Å². The van der Waals surface area contributed by atoms with E-state index in [1.165, 1.54) is 19.3 Å². The fourth-order valence-corrected chi connectivity index (χ4v) is 4.24. The normalized spacial score (nSPS) is 18.9. The van der Waals surface area contributed by atoms with Gasteiger partial charge in [0.1, 0.15) is 11.3 Å². The molecule has 0 bridgehead atoms. The number of imidazole rings is 1. The molecule has 4 nitrogen and oxygen atoms in total. The molecule has 2 aromatic carbocycles. The number of fused-ring (bicyclic) bond motifs is 1. The number of aromatic nitrogens is 2. The Labute approximate surface area is 157 Å². The van der Waals surface area contributed by atoms with Gasteiger partial charge in [0.15, 0.2) is 5.82 Å². The minimum absolute atomic E-state index is 0.157. The van der Waals surface area contributed by atoms with Crippen molar-refractivity contribution in [1.82, 2.24) is 15.4 Å². The van der Waals surface area contributed by atoms with Gasteiger partial charge in [0, 0.05) is 10.6 Å². The van der Waals surface area contributed by atoms with Crippen molar-refractivity contribution in [3.05, 3.63) is 59.4 Å². The largest absolute Gasteiger partial charge is 0.337 e. The second-order valence-corrected chi connectivity index (χ2v) is 7.59. The Kier molecular flexibility index (Phi) is 3.76. The molecule has 132 valence electrons. The fourth-order valence-electron chi connectivity index (χ4n) is 3.99. The van der Waals surface area contributed by atoms with Gasteiger partial charge in [-0.2, -0.15) is 0 Å². The molecule has 1 fully saturated rings. The lowest BCUT2D eigenvalue weighted by Crippen LogP contribution is -2.31. The van der Waals surface area contributed by atoms with Crippen LogP contribution in [0.1, 0.15) is 37.9 Å². The molecule has 1 saturated carbocycles. The van der Waals surface area contributed by atoms with Crippen LogP contribution in [0.2, 0.25) is 5.02 Å². The molecule has 2 aliphatic rings. The fraction of sp³-hybridized carbons (Fsp3) is 0.286. The second-order valence-electron chi connectivity index (χ2n) is 7.18. The number of nitrogens with zero attached hydrogens (tertiary/aromatic N) is 1. The number of halogens is 1. The van der Waals surface area contributed by atoms with Gasteiger partial charge in [0.05, 0.1) is 11.0 Å². The number of aromatic amines is 1. The predicted octanol–water partition coefficient (Wildman–Crippen LogP) is 5.46. The van der Waals surface area contributed by atoms with Crippen LogP contribution in [0.4, 0.5) is 0 Å². The molecule has 5 heteroatoms. The number of hydrogen-bond donors (Lipinski definition) is 2. The van der Waals surface area contributed by atoms with Crippen LogP contribution in [0, 0.1) is 0 Å². The maximum absolute atomic E-state index is 6.34. The summed E-state index contributed by atoms with van der Waals surface area (Å²) in [5, 5.41) is 0.749. The number of rotatable bonds is 2. The van der Waals surface area contributed by atoms with Gasteiger partial charge in [0.2, 0.25) is 0 Å². The van der Waals surface area contributed by atoms with Crippen LogP contribution in [0.3, 0.4) is 0 Å². The van der Waals surface area contributed by atoms with E-state index in [4.69, 9.17) is 21.4 Å². The van der Waals surface area contributed by atoms with Crippen LogP contribution in [-0.2, 0) is 4.84 Å². The Balaban J connectivity index is 1.51. The maximum Gasteiger partial charge on any atom is 0.156 e. The van der Waals surface area contributed by atoms with Gasteiger partial charge < -0.3 is 4.98 Å². The van der Waals surface area contributed by atoms with Gasteiger partial charge in [-0.1, -0.05) is 55.1 Å². The van der Waals surface area contributed by atoms with Gasteiger partial charge in [0.25, 0.3) is 0 Å². The summed E-state index contributed by atoms with van der Waals surface area (Å²) in [4.78, 5) is 14.1.